The molecule has 2 rings (SSSR count). The van der Waals surface area contributed by atoms with Gasteiger partial charge in [-0.1, -0.05) is 0 Å². The molecule has 96 valence electrons. The van der Waals surface area contributed by atoms with Gasteiger partial charge in [-0.2, -0.15) is 5.10 Å². The number of nitrogens with one attached hydrogen (secondary N) is 2. The lowest BCUT2D eigenvalue weighted by molar-refractivity contribution is -0.123. The summed E-state index contributed by atoms with van der Waals surface area (Å²) in [4.78, 5) is 16.1. The van der Waals surface area contributed by atoms with E-state index < -0.39 is 0 Å². The van der Waals surface area contributed by atoms with Crippen molar-refractivity contribution in [3.8, 4) is 0 Å². The lowest BCUT2D eigenvalue weighted by Crippen LogP contribution is -2.32. The first-order chi connectivity index (χ1) is 8.68. The van der Waals surface area contributed by atoms with Crippen LogP contribution in [0.5, 0.6) is 0 Å². The Kier molecular flexibility index (Phi) is 3.76. The third-order valence-corrected chi connectivity index (χ3v) is 2.93. The van der Waals surface area contributed by atoms with E-state index in [4.69, 9.17) is 0 Å². The first kappa shape index (κ1) is 12.3. The number of amides is 1. The molecule has 0 saturated heterocycles. The van der Waals surface area contributed by atoms with Crippen molar-refractivity contribution in [1.29, 1.82) is 0 Å². The topological polar surface area (TPSA) is 75.6 Å². The molecule has 1 amide bonds. The van der Waals surface area contributed by atoms with E-state index in [1.54, 1.807) is 12.4 Å². The number of aromatic nitrogens is 4. The largest absolute Gasteiger partial charge is 0.354 e. The van der Waals surface area contributed by atoms with Crippen molar-refractivity contribution in [3.63, 3.8) is 0 Å². The molecule has 0 fully saturated rings. The van der Waals surface area contributed by atoms with Gasteiger partial charge in [-0.05, 0) is 25.8 Å². The Morgan fingerprint density at radius 1 is 1.61 bits per heavy atom. The minimum Gasteiger partial charge on any atom is -0.354 e. The molecule has 2 aromatic rings. The van der Waals surface area contributed by atoms with Crippen LogP contribution in [-0.2, 0) is 11.2 Å². The van der Waals surface area contributed by atoms with E-state index in [1.165, 1.54) is 0 Å². The Morgan fingerprint density at radius 3 is 3.06 bits per heavy atom. The number of hydrogen-bond acceptors (Lipinski definition) is 3. The zero-order valence-corrected chi connectivity index (χ0v) is 10.6. The highest BCUT2D eigenvalue weighted by Crippen LogP contribution is 2.08. The monoisotopic (exact) mass is 247 g/mol. The van der Waals surface area contributed by atoms with Gasteiger partial charge in [0.05, 0.1) is 6.20 Å². The fraction of sp³-hybridized carbons (Fsp3) is 0.417. The van der Waals surface area contributed by atoms with Crippen molar-refractivity contribution < 1.29 is 4.79 Å². The second-order valence-electron chi connectivity index (χ2n) is 4.21. The minimum atomic E-state index is -0.239. The molecule has 0 aromatic carbocycles. The van der Waals surface area contributed by atoms with Crippen LogP contribution < -0.4 is 5.32 Å². The van der Waals surface area contributed by atoms with Gasteiger partial charge in [0.15, 0.2) is 0 Å². The molecule has 0 saturated carbocycles. The molecule has 0 aliphatic rings. The smallest absolute Gasteiger partial charge is 0.242 e. The van der Waals surface area contributed by atoms with Crippen molar-refractivity contribution in [2.75, 3.05) is 6.54 Å². The fourth-order valence-corrected chi connectivity index (χ4v) is 1.82. The summed E-state index contributed by atoms with van der Waals surface area (Å²) in [5, 5.41) is 9.51. The van der Waals surface area contributed by atoms with E-state index in [-0.39, 0.29) is 11.9 Å². The second-order valence-corrected chi connectivity index (χ2v) is 4.21. The molecule has 0 spiro atoms. The van der Waals surface area contributed by atoms with E-state index in [2.05, 4.69) is 20.5 Å². The lowest BCUT2D eigenvalue weighted by Gasteiger charge is -2.14. The van der Waals surface area contributed by atoms with Gasteiger partial charge >= 0.3 is 0 Å². The average Bonchev–Trinajstić information content (AvgIpc) is 2.99. The van der Waals surface area contributed by atoms with Gasteiger partial charge in [0.1, 0.15) is 11.9 Å². The summed E-state index contributed by atoms with van der Waals surface area (Å²) in [5.74, 6) is 0.840. The summed E-state index contributed by atoms with van der Waals surface area (Å²) in [6.07, 6.45) is 7.88. The molecule has 0 unspecified atom stereocenters. The summed E-state index contributed by atoms with van der Waals surface area (Å²) < 4.78 is 1.85. The lowest BCUT2D eigenvalue weighted by atomic mass is 10.2. The third-order valence-electron chi connectivity index (χ3n) is 2.93. The number of rotatable bonds is 5. The molecule has 2 heterocycles. The van der Waals surface area contributed by atoms with Crippen LogP contribution in [0.1, 0.15) is 24.4 Å². The molecule has 6 nitrogen and oxygen atoms in total. The fourth-order valence-electron chi connectivity index (χ4n) is 1.82. The van der Waals surface area contributed by atoms with Crippen LogP contribution in [-0.4, -0.2) is 32.2 Å². The molecule has 0 radical (unpaired) electrons. The van der Waals surface area contributed by atoms with Crippen LogP contribution >= 0.6 is 0 Å². The van der Waals surface area contributed by atoms with Gasteiger partial charge in [-0.15, -0.1) is 0 Å². The Labute approximate surface area is 105 Å². The van der Waals surface area contributed by atoms with E-state index >= 15 is 0 Å². The van der Waals surface area contributed by atoms with Crippen LogP contribution in [0.2, 0.25) is 0 Å². The standard InChI is InChI=1S/C12H17N5O/c1-9(17-6-5-13-10(17)2)12(18)14-4-3-11-7-15-16-8-11/h5-9H,3-4H2,1-2H3,(H,14,18)(H,15,16)/t9-/m0/s1. The quantitative estimate of drug-likeness (QED) is 0.822. The number of nitrogens with zero attached hydrogens (tertiary/aromatic N) is 3. The predicted octanol–water partition coefficient (Wildman–Crippen LogP) is 0.835. The summed E-state index contributed by atoms with van der Waals surface area (Å²) in [5.41, 5.74) is 1.08. The van der Waals surface area contributed by atoms with E-state index in [0.717, 1.165) is 17.8 Å². The summed E-state index contributed by atoms with van der Waals surface area (Å²) >= 11 is 0. The highest BCUT2D eigenvalue weighted by atomic mass is 16.2. The van der Waals surface area contributed by atoms with Crippen LogP contribution in [0.4, 0.5) is 0 Å². The van der Waals surface area contributed by atoms with E-state index in [9.17, 15) is 4.79 Å². The van der Waals surface area contributed by atoms with Crippen LogP contribution in [0, 0.1) is 6.92 Å². The number of carbonyl (C=O) groups is 1. The van der Waals surface area contributed by atoms with Crippen molar-refractivity contribution in [1.82, 2.24) is 25.1 Å². The highest BCUT2D eigenvalue weighted by molar-refractivity contribution is 5.79. The van der Waals surface area contributed by atoms with Crippen molar-refractivity contribution in [2.45, 2.75) is 26.3 Å². The highest BCUT2D eigenvalue weighted by Gasteiger charge is 2.15. The zero-order chi connectivity index (χ0) is 13.0. The van der Waals surface area contributed by atoms with Crippen molar-refractivity contribution >= 4 is 5.91 Å². The molecule has 0 aliphatic carbocycles. The summed E-state index contributed by atoms with van der Waals surface area (Å²) in [7, 11) is 0. The maximum absolute atomic E-state index is 11.9. The maximum Gasteiger partial charge on any atom is 0.242 e. The van der Waals surface area contributed by atoms with Gasteiger partial charge < -0.3 is 9.88 Å². The predicted molar refractivity (Wildman–Crippen MR) is 67.0 cm³/mol. The Bertz CT molecular complexity index is 502. The van der Waals surface area contributed by atoms with E-state index in [1.807, 2.05) is 30.8 Å². The number of carbonyl (C=O) groups excluding carboxylic acids is 1. The molecule has 18 heavy (non-hydrogen) atoms. The number of hydrogen-bond donors (Lipinski definition) is 2. The van der Waals surface area contributed by atoms with Crippen molar-refractivity contribution in [3.05, 3.63) is 36.2 Å². The third kappa shape index (κ3) is 2.77. The first-order valence-electron chi connectivity index (χ1n) is 5.93. The molecular weight excluding hydrogens is 230 g/mol. The molecule has 2 N–H and O–H groups in total. The number of imidazole rings is 1. The van der Waals surface area contributed by atoms with Gasteiger partial charge in [0.25, 0.3) is 0 Å². The number of aromatic amines is 1. The van der Waals surface area contributed by atoms with Crippen LogP contribution in [0.3, 0.4) is 0 Å². The van der Waals surface area contributed by atoms with Crippen LogP contribution in [0.15, 0.2) is 24.8 Å². The molecule has 6 heteroatoms. The Morgan fingerprint density at radius 2 is 2.44 bits per heavy atom. The second kappa shape index (κ2) is 5.48. The minimum absolute atomic E-state index is 0.000375. The van der Waals surface area contributed by atoms with Gasteiger partial charge in [-0.25, -0.2) is 4.98 Å². The molecule has 1 atom stereocenters. The zero-order valence-electron chi connectivity index (χ0n) is 10.6. The van der Waals surface area contributed by atoms with Gasteiger partial charge in [0, 0.05) is 25.1 Å². The Balaban J connectivity index is 1.83. The SMILES string of the molecule is Cc1nccn1[C@@H](C)C(=O)NCCc1cn[nH]c1. The molecule has 0 aliphatic heterocycles. The summed E-state index contributed by atoms with van der Waals surface area (Å²) in [6, 6.07) is -0.239. The van der Waals surface area contributed by atoms with Crippen LogP contribution in [0.25, 0.3) is 0 Å². The van der Waals surface area contributed by atoms with Gasteiger partial charge in [0.2, 0.25) is 5.91 Å². The Hall–Kier alpha value is -2.11. The normalized spacial score (nSPS) is 12.3. The maximum atomic E-state index is 11.9. The number of aryl methyl sites for hydroxylation is 1. The average molecular weight is 247 g/mol. The van der Waals surface area contributed by atoms with E-state index in [0.29, 0.717) is 6.54 Å². The number of H-pyrrole nitrogens is 1. The summed E-state index contributed by atoms with van der Waals surface area (Å²) in [6.45, 7) is 4.35. The van der Waals surface area contributed by atoms with Gasteiger partial charge in [-0.3, -0.25) is 9.89 Å². The molecule has 2 aromatic heterocycles. The van der Waals surface area contributed by atoms with Crippen molar-refractivity contribution in [2.24, 2.45) is 0 Å². The first-order valence-corrected chi connectivity index (χ1v) is 5.93. The molecule has 0 bridgehead atoms. The molecular formula is C12H17N5O.